The van der Waals surface area contributed by atoms with Crippen LogP contribution >= 0.6 is 23.2 Å². The highest BCUT2D eigenvalue weighted by atomic mass is 35.5. The van der Waals surface area contributed by atoms with Gasteiger partial charge in [-0.2, -0.15) is 0 Å². The lowest BCUT2D eigenvalue weighted by atomic mass is 9.78. The Morgan fingerprint density at radius 2 is 1.79 bits per heavy atom. The third-order valence-electron chi connectivity index (χ3n) is 7.96. The standard InChI is InChI=1S/C30H34Cl2N4O3/c1-5-26(37)34-23-9-7-20(36-12-10-35(2)11-13-36)15-22(23)30-21-8-6-18(14-19(21)17-33-30)27-28(31)24(38-3)16-25(39-4)29(27)32/h5,7,9,15-16,18H,1,6,8,10-14,17H2,2-4H3,(H,34,37). The molecule has 0 aromatic heterocycles. The Kier molecular flexibility index (Phi) is 8.21. The van der Waals surface area contributed by atoms with Gasteiger partial charge in [-0.05, 0) is 67.6 Å². The van der Waals surface area contributed by atoms with E-state index < -0.39 is 0 Å². The summed E-state index contributed by atoms with van der Waals surface area (Å²) in [5.74, 6) is 0.994. The van der Waals surface area contributed by atoms with Gasteiger partial charge in [-0.1, -0.05) is 29.8 Å². The van der Waals surface area contributed by atoms with Gasteiger partial charge in [0.2, 0.25) is 5.91 Å². The van der Waals surface area contributed by atoms with E-state index in [-0.39, 0.29) is 11.8 Å². The number of methoxy groups -OCH3 is 2. The number of hydrogen-bond donors (Lipinski definition) is 1. The number of allylic oxidation sites excluding steroid dienone is 1. The van der Waals surface area contributed by atoms with Gasteiger partial charge >= 0.3 is 0 Å². The monoisotopic (exact) mass is 568 g/mol. The van der Waals surface area contributed by atoms with Crippen molar-refractivity contribution in [2.75, 3.05) is 64.2 Å². The van der Waals surface area contributed by atoms with Crippen LogP contribution in [0.25, 0.3) is 0 Å². The van der Waals surface area contributed by atoms with Crippen molar-refractivity contribution in [2.45, 2.75) is 25.2 Å². The molecule has 0 saturated carbocycles. The van der Waals surface area contributed by atoms with Crippen molar-refractivity contribution in [1.82, 2.24) is 4.90 Å². The van der Waals surface area contributed by atoms with Crippen LogP contribution in [0.1, 0.15) is 36.3 Å². The fourth-order valence-corrected chi connectivity index (χ4v) is 6.58. The van der Waals surface area contributed by atoms with Crippen LogP contribution in [0.2, 0.25) is 10.0 Å². The fourth-order valence-electron chi connectivity index (χ4n) is 5.77. The van der Waals surface area contributed by atoms with Crippen molar-refractivity contribution in [1.29, 1.82) is 0 Å². The molecule has 9 heteroatoms. The van der Waals surface area contributed by atoms with Gasteiger partial charge in [-0.25, -0.2) is 0 Å². The highest BCUT2D eigenvalue weighted by Gasteiger charge is 2.33. The zero-order valence-electron chi connectivity index (χ0n) is 22.7. The van der Waals surface area contributed by atoms with E-state index in [9.17, 15) is 4.79 Å². The Balaban J connectivity index is 1.48. The number of rotatable bonds is 7. The van der Waals surface area contributed by atoms with E-state index >= 15 is 0 Å². The highest BCUT2D eigenvalue weighted by molar-refractivity contribution is 6.38. The summed E-state index contributed by atoms with van der Waals surface area (Å²) < 4.78 is 11.0. The van der Waals surface area contributed by atoms with E-state index in [0.717, 1.165) is 73.7 Å². The van der Waals surface area contributed by atoms with Gasteiger partial charge in [0.15, 0.2) is 0 Å². The second kappa shape index (κ2) is 11.6. The van der Waals surface area contributed by atoms with E-state index in [4.69, 9.17) is 37.7 Å². The first kappa shape index (κ1) is 27.6. The van der Waals surface area contributed by atoms with Gasteiger partial charge < -0.3 is 24.6 Å². The molecule has 2 aromatic carbocycles. The van der Waals surface area contributed by atoms with Crippen molar-refractivity contribution in [3.05, 3.63) is 69.2 Å². The lowest BCUT2D eigenvalue weighted by Gasteiger charge is -2.34. The van der Waals surface area contributed by atoms with Gasteiger partial charge in [0.25, 0.3) is 0 Å². The second-order valence-electron chi connectivity index (χ2n) is 10.2. The Bertz CT molecular complexity index is 1330. The van der Waals surface area contributed by atoms with E-state index in [0.29, 0.717) is 28.1 Å². The highest BCUT2D eigenvalue weighted by Crippen LogP contribution is 2.50. The fraction of sp³-hybridized carbons (Fsp3) is 0.400. The molecule has 5 rings (SSSR count). The molecular weight excluding hydrogens is 535 g/mol. The quantitative estimate of drug-likeness (QED) is 0.418. The molecule has 3 aliphatic rings. The van der Waals surface area contributed by atoms with Crippen LogP contribution in [0.4, 0.5) is 11.4 Å². The van der Waals surface area contributed by atoms with Crippen LogP contribution in [-0.4, -0.2) is 70.5 Å². The predicted molar refractivity (Wildman–Crippen MR) is 160 cm³/mol. The molecule has 1 atom stereocenters. The Morgan fingerprint density at radius 1 is 1.10 bits per heavy atom. The molecule has 206 valence electrons. The van der Waals surface area contributed by atoms with E-state index in [1.807, 2.05) is 6.07 Å². The Morgan fingerprint density at radius 3 is 2.44 bits per heavy atom. The number of carbonyl (C=O) groups is 1. The zero-order valence-corrected chi connectivity index (χ0v) is 24.2. The van der Waals surface area contributed by atoms with Gasteiger partial charge in [0, 0.05) is 49.1 Å². The summed E-state index contributed by atoms with van der Waals surface area (Å²) >= 11 is 13.5. The van der Waals surface area contributed by atoms with Crippen molar-refractivity contribution >= 4 is 46.2 Å². The number of anilines is 2. The van der Waals surface area contributed by atoms with Crippen LogP contribution in [-0.2, 0) is 4.79 Å². The summed E-state index contributed by atoms with van der Waals surface area (Å²) in [6.07, 6.45) is 3.78. The largest absolute Gasteiger partial charge is 0.495 e. The van der Waals surface area contributed by atoms with Crippen LogP contribution in [0.5, 0.6) is 11.5 Å². The maximum absolute atomic E-state index is 12.3. The average Bonchev–Trinajstić information content (AvgIpc) is 3.37. The first-order valence-corrected chi connectivity index (χ1v) is 14.0. The van der Waals surface area contributed by atoms with Gasteiger partial charge in [0.1, 0.15) is 11.5 Å². The van der Waals surface area contributed by atoms with E-state index in [2.05, 4.69) is 40.9 Å². The van der Waals surface area contributed by atoms with E-state index in [1.165, 1.54) is 17.2 Å². The number of piperazine rings is 1. The lowest BCUT2D eigenvalue weighted by molar-refractivity contribution is -0.111. The Hall–Kier alpha value is -3.00. The van der Waals surface area contributed by atoms with Crippen LogP contribution in [0, 0.1) is 0 Å². The number of nitrogens with zero attached hydrogens (tertiary/aromatic N) is 3. The van der Waals surface area contributed by atoms with Crippen molar-refractivity contribution < 1.29 is 14.3 Å². The lowest BCUT2D eigenvalue weighted by Crippen LogP contribution is -2.44. The number of nitrogens with one attached hydrogen (secondary N) is 1. The van der Waals surface area contributed by atoms with Crippen LogP contribution in [0.15, 0.2) is 53.1 Å². The number of amides is 1. The minimum atomic E-state index is -0.239. The van der Waals surface area contributed by atoms with E-state index in [1.54, 1.807) is 20.3 Å². The molecule has 7 nitrogen and oxygen atoms in total. The summed E-state index contributed by atoms with van der Waals surface area (Å²) in [5.41, 5.74) is 7.19. The van der Waals surface area contributed by atoms with Gasteiger partial charge in [-0.15, -0.1) is 0 Å². The molecule has 1 fully saturated rings. The molecule has 2 aromatic rings. The first-order valence-electron chi connectivity index (χ1n) is 13.2. The van der Waals surface area contributed by atoms with Crippen LogP contribution < -0.4 is 19.7 Å². The summed E-state index contributed by atoms with van der Waals surface area (Å²) in [4.78, 5) is 22.0. The molecule has 2 aliphatic heterocycles. The molecule has 39 heavy (non-hydrogen) atoms. The number of carbonyl (C=O) groups excluding carboxylic acids is 1. The van der Waals surface area contributed by atoms with Crippen LogP contribution in [0.3, 0.4) is 0 Å². The summed E-state index contributed by atoms with van der Waals surface area (Å²) in [7, 11) is 5.34. The molecule has 0 radical (unpaired) electrons. The minimum Gasteiger partial charge on any atom is -0.495 e. The van der Waals surface area contributed by atoms with Gasteiger partial charge in [0.05, 0.1) is 42.2 Å². The maximum Gasteiger partial charge on any atom is 0.247 e. The first-order chi connectivity index (χ1) is 18.8. The SMILES string of the molecule is C=CC(=O)Nc1ccc(N2CCN(C)CC2)cc1C1=NCC2=C1CCC(c1c(Cl)c(OC)cc(OC)c1Cl)C2. The third-order valence-corrected chi connectivity index (χ3v) is 8.74. The number of halogens is 2. The Labute approximate surface area is 240 Å². The molecule has 0 spiro atoms. The number of aliphatic imine (C=N–C) groups is 1. The molecular formula is C30H34Cl2N4O3. The smallest absolute Gasteiger partial charge is 0.247 e. The summed E-state index contributed by atoms with van der Waals surface area (Å²) in [6.45, 7) is 8.19. The normalized spacial score (nSPS) is 19.5. The topological polar surface area (TPSA) is 66.4 Å². The van der Waals surface area contributed by atoms with Crippen molar-refractivity contribution in [2.24, 2.45) is 4.99 Å². The predicted octanol–water partition coefficient (Wildman–Crippen LogP) is 5.95. The zero-order chi connectivity index (χ0) is 27.7. The van der Waals surface area contributed by atoms with Crippen molar-refractivity contribution in [3.63, 3.8) is 0 Å². The van der Waals surface area contributed by atoms with Crippen molar-refractivity contribution in [3.8, 4) is 11.5 Å². The molecule has 1 aliphatic carbocycles. The summed E-state index contributed by atoms with van der Waals surface area (Å²) in [5, 5.41) is 4.06. The maximum atomic E-state index is 12.3. The third kappa shape index (κ3) is 5.40. The molecule has 0 bridgehead atoms. The molecule has 1 unspecified atom stereocenters. The average molecular weight is 570 g/mol. The molecule has 1 saturated heterocycles. The number of ether oxygens (including phenoxy) is 2. The van der Waals surface area contributed by atoms with Gasteiger partial charge in [-0.3, -0.25) is 9.79 Å². The number of likely N-dealkylation sites (N-methyl/N-ethyl adjacent to an activating group) is 1. The number of benzene rings is 2. The molecule has 1 amide bonds. The second-order valence-corrected chi connectivity index (χ2v) is 11.0. The number of hydrogen-bond acceptors (Lipinski definition) is 6. The summed E-state index contributed by atoms with van der Waals surface area (Å²) in [6, 6.07) is 7.96. The minimum absolute atomic E-state index is 0.124. The molecule has 2 heterocycles. The molecule has 1 N–H and O–H groups in total.